The minimum atomic E-state index is -0.292. The van der Waals surface area contributed by atoms with Gasteiger partial charge in [-0.25, -0.2) is 9.37 Å². The molecule has 4 nitrogen and oxygen atoms in total. The van der Waals surface area contributed by atoms with Gasteiger partial charge in [0, 0.05) is 18.9 Å². The van der Waals surface area contributed by atoms with Crippen molar-refractivity contribution >= 4 is 16.9 Å². The summed E-state index contributed by atoms with van der Waals surface area (Å²) in [6.45, 7) is 2.04. The number of allylic oxidation sites excluding steroid dienone is 1. The van der Waals surface area contributed by atoms with Gasteiger partial charge >= 0.3 is 0 Å². The number of amides is 1. The molecule has 2 N–H and O–H groups in total. The number of aryl methyl sites for hydroxylation is 1. The number of halogens is 1. The maximum absolute atomic E-state index is 13.2. The number of nitrogens with zero attached hydrogens (tertiary/aromatic N) is 1. The third kappa shape index (κ3) is 3.97. The lowest BCUT2D eigenvalue weighted by molar-refractivity contribution is -0.121. The van der Waals surface area contributed by atoms with E-state index in [1.807, 2.05) is 6.92 Å². The van der Waals surface area contributed by atoms with Crippen LogP contribution in [-0.2, 0) is 11.2 Å². The number of nitrogens with one attached hydrogen (secondary N) is 2. The molecule has 3 rings (SSSR count). The first-order valence-corrected chi connectivity index (χ1v) is 8.24. The van der Waals surface area contributed by atoms with Crippen LogP contribution in [-0.4, -0.2) is 21.9 Å². The van der Waals surface area contributed by atoms with Gasteiger partial charge in [-0.15, -0.1) is 0 Å². The molecule has 2 aromatic rings. The van der Waals surface area contributed by atoms with Gasteiger partial charge < -0.3 is 10.3 Å². The van der Waals surface area contributed by atoms with Gasteiger partial charge in [0.25, 0.3) is 0 Å². The van der Waals surface area contributed by atoms with Crippen LogP contribution < -0.4 is 5.32 Å². The lowest BCUT2D eigenvalue weighted by atomic mass is 9.94. The molecule has 1 aromatic heterocycles. The number of rotatable bonds is 5. The number of H-pyrrole nitrogens is 1. The first-order chi connectivity index (χ1) is 11.1. The van der Waals surface area contributed by atoms with Crippen LogP contribution in [0.4, 0.5) is 4.39 Å². The molecule has 0 fully saturated rings. The maximum Gasteiger partial charge on any atom is 0.220 e. The summed E-state index contributed by atoms with van der Waals surface area (Å²) < 4.78 is 13.2. The minimum absolute atomic E-state index is 0.0237. The third-order valence-electron chi connectivity index (χ3n) is 4.34. The van der Waals surface area contributed by atoms with Gasteiger partial charge in [-0.2, -0.15) is 0 Å². The Balaban J connectivity index is 1.54. The Labute approximate surface area is 135 Å². The molecule has 1 aliphatic carbocycles. The topological polar surface area (TPSA) is 57.8 Å². The van der Waals surface area contributed by atoms with Crippen molar-refractivity contribution in [3.8, 4) is 0 Å². The average molecular weight is 315 g/mol. The van der Waals surface area contributed by atoms with E-state index in [1.165, 1.54) is 30.5 Å². The van der Waals surface area contributed by atoms with Gasteiger partial charge in [-0.1, -0.05) is 11.6 Å². The summed E-state index contributed by atoms with van der Waals surface area (Å²) in [6, 6.07) is 4.55. The molecule has 0 unspecified atom stereocenters. The second kappa shape index (κ2) is 6.94. The zero-order valence-corrected chi connectivity index (χ0v) is 13.4. The van der Waals surface area contributed by atoms with Gasteiger partial charge in [0.15, 0.2) is 0 Å². The van der Waals surface area contributed by atoms with Crippen LogP contribution in [0, 0.1) is 5.82 Å². The average Bonchev–Trinajstić information content (AvgIpc) is 2.95. The molecule has 1 aliphatic rings. The molecule has 0 saturated heterocycles. The van der Waals surface area contributed by atoms with Crippen molar-refractivity contribution in [2.75, 3.05) is 0 Å². The molecule has 1 amide bonds. The first kappa shape index (κ1) is 15.7. The van der Waals surface area contributed by atoms with Crippen LogP contribution in [0.5, 0.6) is 0 Å². The number of aromatic amines is 1. The lowest BCUT2D eigenvalue weighted by Gasteiger charge is -2.20. The second-order valence-electron chi connectivity index (χ2n) is 6.16. The predicted molar refractivity (Wildman–Crippen MR) is 88.5 cm³/mol. The van der Waals surface area contributed by atoms with Crippen molar-refractivity contribution in [1.82, 2.24) is 15.3 Å². The highest BCUT2D eigenvalue weighted by Crippen LogP contribution is 2.20. The SMILES string of the molecule is C[C@@H](NC(=O)CCc1nc2ccc(F)cc2[nH]1)C1=CCCCC1. The molecule has 0 bridgehead atoms. The van der Waals surface area contributed by atoms with Crippen LogP contribution in [0.3, 0.4) is 0 Å². The number of carbonyl (C=O) groups excluding carboxylic acids is 1. The number of aromatic nitrogens is 2. The van der Waals surface area contributed by atoms with Gasteiger partial charge in [0.1, 0.15) is 11.6 Å². The Kier molecular flexibility index (Phi) is 4.74. The summed E-state index contributed by atoms with van der Waals surface area (Å²) in [5.74, 6) is 0.445. The molecule has 5 heteroatoms. The first-order valence-electron chi connectivity index (χ1n) is 8.24. The molecular weight excluding hydrogens is 293 g/mol. The van der Waals surface area contributed by atoms with Crippen molar-refractivity contribution < 1.29 is 9.18 Å². The Bertz CT molecular complexity index is 735. The van der Waals surface area contributed by atoms with E-state index >= 15 is 0 Å². The van der Waals surface area contributed by atoms with E-state index in [-0.39, 0.29) is 17.8 Å². The van der Waals surface area contributed by atoms with Crippen LogP contribution in [0.2, 0.25) is 0 Å². The highest BCUT2D eigenvalue weighted by molar-refractivity contribution is 5.77. The van der Waals surface area contributed by atoms with E-state index in [0.717, 1.165) is 18.4 Å². The zero-order chi connectivity index (χ0) is 16.2. The summed E-state index contributed by atoms with van der Waals surface area (Å²) in [7, 11) is 0. The summed E-state index contributed by atoms with van der Waals surface area (Å²) in [4.78, 5) is 19.5. The molecule has 0 saturated carbocycles. The number of imidazole rings is 1. The fraction of sp³-hybridized carbons (Fsp3) is 0.444. The highest BCUT2D eigenvalue weighted by atomic mass is 19.1. The van der Waals surface area contributed by atoms with Crippen LogP contribution >= 0.6 is 0 Å². The highest BCUT2D eigenvalue weighted by Gasteiger charge is 2.14. The summed E-state index contributed by atoms with van der Waals surface area (Å²) in [5.41, 5.74) is 2.73. The van der Waals surface area contributed by atoms with Gasteiger partial charge in [-0.3, -0.25) is 4.79 Å². The van der Waals surface area contributed by atoms with Gasteiger partial charge in [0.2, 0.25) is 5.91 Å². The van der Waals surface area contributed by atoms with Crippen LogP contribution in [0.15, 0.2) is 29.8 Å². The molecule has 23 heavy (non-hydrogen) atoms. The number of hydrogen-bond acceptors (Lipinski definition) is 2. The number of fused-ring (bicyclic) bond motifs is 1. The monoisotopic (exact) mass is 315 g/mol. The lowest BCUT2D eigenvalue weighted by Crippen LogP contribution is -2.34. The standard InChI is InChI=1S/C18H22FN3O/c1-12(13-5-3-2-4-6-13)20-18(23)10-9-17-21-15-8-7-14(19)11-16(15)22-17/h5,7-8,11-12H,2-4,6,9-10H2,1H3,(H,20,23)(H,21,22)/t12-/m1/s1. The fourth-order valence-corrected chi connectivity index (χ4v) is 3.05. The fourth-order valence-electron chi connectivity index (χ4n) is 3.05. The number of benzene rings is 1. The predicted octanol–water partition coefficient (Wildman–Crippen LogP) is 3.64. The van der Waals surface area contributed by atoms with Crippen LogP contribution in [0.25, 0.3) is 11.0 Å². The maximum atomic E-state index is 13.2. The van der Waals surface area contributed by atoms with Crippen molar-refractivity contribution in [2.45, 2.75) is 51.5 Å². The molecule has 122 valence electrons. The summed E-state index contributed by atoms with van der Waals surface area (Å²) in [5, 5.41) is 3.05. The molecule has 0 radical (unpaired) electrons. The van der Waals surface area contributed by atoms with Crippen molar-refractivity contribution in [3.63, 3.8) is 0 Å². The van der Waals surface area contributed by atoms with E-state index in [9.17, 15) is 9.18 Å². The van der Waals surface area contributed by atoms with Crippen LogP contribution in [0.1, 0.15) is 44.9 Å². The molecule has 1 heterocycles. The van der Waals surface area contributed by atoms with Gasteiger partial charge in [-0.05, 0) is 50.8 Å². The molecule has 0 spiro atoms. The smallest absolute Gasteiger partial charge is 0.220 e. The minimum Gasteiger partial charge on any atom is -0.350 e. The largest absolute Gasteiger partial charge is 0.350 e. The normalized spacial score (nSPS) is 16.2. The third-order valence-corrected chi connectivity index (χ3v) is 4.34. The van der Waals surface area contributed by atoms with E-state index < -0.39 is 0 Å². The van der Waals surface area contributed by atoms with Crippen molar-refractivity contribution in [3.05, 3.63) is 41.5 Å². The summed E-state index contributed by atoms with van der Waals surface area (Å²) in [6.07, 6.45) is 7.80. The molecule has 1 aromatic carbocycles. The Morgan fingerprint density at radius 3 is 3.09 bits per heavy atom. The quantitative estimate of drug-likeness (QED) is 0.828. The Morgan fingerprint density at radius 1 is 1.43 bits per heavy atom. The molecular formula is C18H22FN3O. The molecule has 0 aliphatic heterocycles. The van der Waals surface area contributed by atoms with E-state index in [0.29, 0.717) is 24.2 Å². The summed E-state index contributed by atoms with van der Waals surface area (Å²) >= 11 is 0. The van der Waals surface area contributed by atoms with Crippen molar-refractivity contribution in [1.29, 1.82) is 0 Å². The Hall–Kier alpha value is -2.17. The van der Waals surface area contributed by atoms with E-state index in [2.05, 4.69) is 21.4 Å². The van der Waals surface area contributed by atoms with E-state index in [4.69, 9.17) is 0 Å². The number of carbonyl (C=O) groups is 1. The zero-order valence-electron chi connectivity index (χ0n) is 13.4. The van der Waals surface area contributed by atoms with Crippen molar-refractivity contribution in [2.24, 2.45) is 0 Å². The molecule has 1 atom stereocenters. The second-order valence-corrected chi connectivity index (χ2v) is 6.16. The van der Waals surface area contributed by atoms with E-state index in [1.54, 1.807) is 6.07 Å². The number of hydrogen-bond donors (Lipinski definition) is 2. The van der Waals surface area contributed by atoms with Gasteiger partial charge in [0.05, 0.1) is 11.0 Å². The Morgan fingerprint density at radius 2 is 2.30 bits per heavy atom.